The van der Waals surface area contributed by atoms with E-state index in [1.807, 2.05) is 6.08 Å². The van der Waals surface area contributed by atoms with Crippen molar-refractivity contribution in [2.45, 2.75) is 12.8 Å². The zero-order valence-corrected chi connectivity index (χ0v) is 6.09. The molecule has 0 spiro atoms. The van der Waals surface area contributed by atoms with E-state index in [9.17, 15) is 0 Å². The Morgan fingerprint density at radius 1 is 1.30 bits per heavy atom. The topological polar surface area (TPSA) is 26.0 Å². The third-order valence-electron chi connectivity index (χ3n) is 1.53. The molecule has 0 aromatic rings. The van der Waals surface area contributed by atoms with E-state index in [0.717, 1.165) is 12.8 Å². The van der Waals surface area contributed by atoms with Gasteiger partial charge in [0.15, 0.2) is 0 Å². The molecular weight excluding hydrogens is 122 g/mol. The minimum absolute atomic E-state index is 0.657. The van der Waals surface area contributed by atoms with Gasteiger partial charge in [-0.1, -0.05) is 30.4 Å². The number of allylic oxidation sites excluding steroid dienone is 4. The van der Waals surface area contributed by atoms with E-state index in [4.69, 9.17) is 5.73 Å². The van der Waals surface area contributed by atoms with E-state index in [1.165, 1.54) is 5.57 Å². The smallest absolute Gasteiger partial charge is 0.0174 e. The van der Waals surface area contributed by atoms with E-state index in [2.05, 4.69) is 24.3 Å². The standard InChI is InChI=1S/C9H13N/c10-8-9-6-4-2-1-3-5-7-9/h1-2,4,6-7H,3,5,8,10H2/b2-1-,6-4-,9-7+. The van der Waals surface area contributed by atoms with Crippen LogP contribution in [-0.2, 0) is 0 Å². The fourth-order valence-corrected chi connectivity index (χ4v) is 0.938. The van der Waals surface area contributed by atoms with Crippen molar-refractivity contribution in [2.75, 3.05) is 6.54 Å². The van der Waals surface area contributed by atoms with Gasteiger partial charge < -0.3 is 5.73 Å². The molecule has 1 aliphatic carbocycles. The predicted octanol–water partition coefficient (Wildman–Crippen LogP) is 1.78. The second kappa shape index (κ2) is 4.07. The Labute approximate surface area is 61.9 Å². The minimum atomic E-state index is 0.657. The number of hydrogen-bond acceptors (Lipinski definition) is 1. The van der Waals surface area contributed by atoms with E-state index >= 15 is 0 Å². The summed E-state index contributed by atoms with van der Waals surface area (Å²) < 4.78 is 0. The van der Waals surface area contributed by atoms with Crippen LogP contribution in [0.15, 0.2) is 36.0 Å². The van der Waals surface area contributed by atoms with E-state index in [-0.39, 0.29) is 0 Å². The molecule has 0 unspecified atom stereocenters. The molecule has 2 N–H and O–H groups in total. The summed E-state index contributed by atoms with van der Waals surface area (Å²) in [7, 11) is 0. The Morgan fingerprint density at radius 3 is 3.00 bits per heavy atom. The van der Waals surface area contributed by atoms with Crippen LogP contribution in [0.3, 0.4) is 0 Å². The van der Waals surface area contributed by atoms with Crippen molar-refractivity contribution in [1.82, 2.24) is 0 Å². The maximum atomic E-state index is 5.48. The van der Waals surface area contributed by atoms with Crippen molar-refractivity contribution in [2.24, 2.45) is 5.73 Å². The van der Waals surface area contributed by atoms with Gasteiger partial charge in [-0.3, -0.25) is 0 Å². The average Bonchev–Trinajstić information content (AvgIpc) is 1.87. The van der Waals surface area contributed by atoms with E-state index < -0.39 is 0 Å². The van der Waals surface area contributed by atoms with Gasteiger partial charge >= 0.3 is 0 Å². The van der Waals surface area contributed by atoms with Crippen molar-refractivity contribution >= 4 is 0 Å². The molecule has 0 saturated carbocycles. The van der Waals surface area contributed by atoms with E-state index in [0.29, 0.717) is 6.54 Å². The van der Waals surface area contributed by atoms with Crippen LogP contribution in [0, 0.1) is 0 Å². The fraction of sp³-hybridized carbons (Fsp3) is 0.333. The fourth-order valence-electron chi connectivity index (χ4n) is 0.938. The second-order valence-corrected chi connectivity index (χ2v) is 2.35. The maximum absolute atomic E-state index is 5.48. The first-order valence-corrected chi connectivity index (χ1v) is 3.66. The monoisotopic (exact) mass is 135 g/mol. The predicted molar refractivity (Wildman–Crippen MR) is 44.7 cm³/mol. The van der Waals surface area contributed by atoms with Crippen LogP contribution in [0.1, 0.15) is 12.8 Å². The van der Waals surface area contributed by atoms with Gasteiger partial charge in [-0.2, -0.15) is 0 Å². The minimum Gasteiger partial charge on any atom is -0.327 e. The molecule has 0 heterocycles. The summed E-state index contributed by atoms with van der Waals surface area (Å²) in [5.74, 6) is 0. The van der Waals surface area contributed by atoms with Crippen LogP contribution in [0.2, 0.25) is 0 Å². The molecule has 1 heteroatoms. The molecule has 1 rings (SSSR count). The largest absolute Gasteiger partial charge is 0.327 e. The summed E-state index contributed by atoms with van der Waals surface area (Å²) in [5.41, 5.74) is 6.72. The third kappa shape index (κ3) is 2.19. The quantitative estimate of drug-likeness (QED) is 0.582. The van der Waals surface area contributed by atoms with Gasteiger partial charge in [0.05, 0.1) is 0 Å². The SMILES string of the molecule is NCC1=C/CC\C=C/C=C\1. The Kier molecular flexibility index (Phi) is 2.97. The van der Waals surface area contributed by atoms with Gasteiger partial charge in [-0.25, -0.2) is 0 Å². The van der Waals surface area contributed by atoms with Crippen molar-refractivity contribution in [3.05, 3.63) is 36.0 Å². The summed E-state index contributed by atoms with van der Waals surface area (Å²) in [6, 6.07) is 0. The summed E-state index contributed by atoms with van der Waals surface area (Å²) in [4.78, 5) is 0. The maximum Gasteiger partial charge on any atom is 0.0174 e. The lowest BCUT2D eigenvalue weighted by atomic mass is 10.1. The molecular formula is C9H13N. The molecule has 0 bridgehead atoms. The Morgan fingerprint density at radius 2 is 2.20 bits per heavy atom. The zero-order chi connectivity index (χ0) is 7.23. The molecule has 10 heavy (non-hydrogen) atoms. The van der Waals surface area contributed by atoms with Crippen LogP contribution >= 0.6 is 0 Å². The lowest BCUT2D eigenvalue weighted by molar-refractivity contribution is 1.02. The molecule has 54 valence electrons. The summed E-state index contributed by atoms with van der Waals surface area (Å²) in [5, 5.41) is 0. The summed E-state index contributed by atoms with van der Waals surface area (Å²) in [6.07, 6.45) is 12.8. The third-order valence-corrected chi connectivity index (χ3v) is 1.53. The lowest BCUT2D eigenvalue weighted by Gasteiger charge is -1.98. The molecule has 0 aromatic heterocycles. The first-order valence-electron chi connectivity index (χ1n) is 3.66. The van der Waals surface area contributed by atoms with Gasteiger partial charge in [-0.15, -0.1) is 0 Å². The summed E-state index contributed by atoms with van der Waals surface area (Å²) in [6.45, 7) is 0.657. The summed E-state index contributed by atoms with van der Waals surface area (Å²) >= 11 is 0. The molecule has 0 amide bonds. The van der Waals surface area contributed by atoms with Gasteiger partial charge in [0.1, 0.15) is 0 Å². The first-order chi connectivity index (χ1) is 4.93. The Hall–Kier alpha value is -0.820. The molecule has 0 aromatic carbocycles. The lowest BCUT2D eigenvalue weighted by Crippen LogP contribution is -2.00. The van der Waals surface area contributed by atoms with Gasteiger partial charge in [0, 0.05) is 6.54 Å². The number of rotatable bonds is 1. The van der Waals surface area contributed by atoms with Crippen LogP contribution < -0.4 is 5.73 Å². The Balaban J connectivity index is 2.62. The number of hydrogen-bond donors (Lipinski definition) is 1. The van der Waals surface area contributed by atoms with Crippen LogP contribution in [0.4, 0.5) is 0 Å². The van der Waals surface area contributed by atoms with Crippen LogP contribution in [0.25, 0.3) is 0 Å². The normalized spacial score (nSPS) is 29.5. The highest BCUT2D eigenvalue weighted by molar-refractivity contribution is 5.24. The second-order valence-electron chi connectivity index (χ2n) is 2.35. The molecule has 0 radical (unpaired) electrons. The van der Waals surface area contributed by atoms with Gasteiger partial charge in [0.2, 0.25) is 0 Å². The highest BCUT2D eigenvalue weighted by Gasteiger charge is 1.88. The molecule has 0 atom stereocenters. The van der Waals surface area contributed by atoms with Crippen molar-refractivity contribution < 1.29 is 0 Å². The van der Waals surface area contributed by atoms with Gasteiger partial charge in [0.25, 0.3) is 0 Å². The van der Waals surface area contributed by atoms with Crippen molar-refractivity contribution in [3.8, 4) is 0 Å². The zero-order valence-electron chi connectivity index (χ0n) is 6.09. The molecule has 0 aliphatic heterocycles. The average molecular weight is 135 g/mol. The van der Waals surface area contributed by atoms with Gasteiger partial charge in [-0.05, 0) is 18.4 Å². The molecule has 0 saturated heterocycles. The highest BCUT2D eigenvalue weighted by Crippen LogP contribution is 2.03. The van der Waals surface area contributed by atoms with Crippen molar-refractivity contribution in [3.63, 3.8) is 0 Å². The molecule has 1 nitrogen and oxygen atoms in total. The van der Waals surface area contributed by atoms with E-state index in [1.54, 1.807) is 0 Å². The Bertz CT molecular complexity index is 172. The number of nitrogens with two attached hydrogens (primary N) is 1. The highest BCUT2D eigenvalue weighted by atomic mass is 14.5. The molecule has 0 fully saturated rings. The molecule has 1 aliphatic rings. The van der Waals surface area contributed by atoms with Crippen LogP contribution in [-0.4, -0.2) is 6.54 Å². The van der Waals surface area contributed by atoms with Crippen LogP contribution in [0.5, 0.6) is 0 Å². The van der Waals surface area contributed by atoms with Crippen molar-refractivity contribution in [1.29, 1.82) is 0 Å². The first kappa shape index (κ1) is 7.29.